The van der Waals surface area contributed by atoms with E-state index in [2.05, 4.69) is 0 Å². The maximum atomic E-state index is 15.3. The van der Waals surface area contributed by atoms with Crippen LogP contribution in [0.1, 0.15) is 41.3 Å². The van der Waals surface area contributed by atoms with E-state index in [9.17, 15) is 9.59 Å². The number of carbonyl (C=O) groups is 2. The number of rotatable bonds is 6. The first kappa shape index (κ1) is 24.5. The van der Waals surface area contributed by atoms with Gasteiger partial charge in [0.15, 0.2) is 11.5 Å². The van der Waals surface area contributed by atoms with Crippen molar-refractivity contribution in [3.63, 3.8) is 0 Å². The summed E-state index contributed by atoms with van der Waals surface area (Å²) in [5.74, 6) is -0.650. The first-order valence-corrected chi connectivity index (χ1v) is 11.4. The molecule has 2 atom stereocenters. The maximum Gasteiger partial charge on any atom is 0.303 e. The summed E-state index contributed by atoms with van der Waals surface area (Å²) in [5.41, 5.74) is 2.21. The van der Waals surface area contributed by atoms with Crippen molar-refractivity contribution in [3.8, 4) is 11.5 Å². The molecule has 0 unspecified atom stereocenters. The van der Waals surface area contributed by atoms with Crippen LogP contribution in [0.2, 0.25) is 5.02 Å². The van der Waals surface area contributed by atoms with Gasteiger partial charge in [-0.05, 0) is 41.8 Å². The van der Waals surface area contributed by atoms with Gasteiger partial charge < -0.3 is 19.1 Å². The number of methoxy groups -OCH3 is 2. The van der Waals surface area contributed by atoms with Crippen molar-refractivity contribution < 1.29 is 28.2 Å². The van der Waals surface area contributed by atoms with Gasteiger partial charge in [0.1, 0.15) is 5.82 Å². The molecule has 0 saturated carbocycles. The lowest BCUT2D eigenvalue weighted by Crippen LogP contribution is -2.44. The van der Waals surface area contributed by atoms with Crippen molar-refractivity contribution in [2.75, 3.05) is 20.8 Å². The molecule has 0 saturated heterocycles. The SMILES string of the molecule is COc1cc2c(cc1OC)[C@@H](c1c(F)cccc1Cl)N(C(=O)[C@H](OC(C)=O)c1ccccc1)CC2. The van der Waals surface area contributed by atoms with Crippen molar-refractivity contribution in [3.05, 3.63) is 93.8 Å². The summed E-state index contributed by atoms with van der Waals surface area (Å²) in [6.07, 6.45) is -0.713. The lowest BCUT2D eigenvalue weighted by molar-refractivity contribution is -0.160. The molecule has 3 aromatic rings. The number of carbonyl (C=O) groups excluding carboxylic acids is 2. The molecular formula is C27H25ClFNO5. The van der Waals surface area contributed by atoms with E-state index < -0.39 is 29.8 Å². The fourth-order valence-electron chi connectivity index (χ4n) is 4.47. The number of hydrogen-bond donors (Lipinski definition) is 0. The standard InChI is InChI=1S/C27H25ClFNO5/c1-16(31)35-26(17-8-5-4-6-9-17)27(32)30-13-12-18-14-22(33-2)23(34-3)15-19(18)25(30)24-20(28)10-7-11-21(24)29/h4-11,14-15,25-26H,12-13H2,1-3H3/t25-,26+/m0/s1. The van der Waals surface area contributed by atoms with Gasteiger partial charge in [-0.3, -0.25) is 9.59 Å². The van der Waals surface area contributed by atoms with Gasteiger partial charge in [0.2, 0.25) is 6.10 Å². The molecule has 0 fully saturated rings. The molecule has 4 rings (SSSR count). The number of hydrogen-bond acceptors (Lipinski definition) is 5. The molecule has 1 heterocycles. The van der Waals surface area contributed by atoms with Gasteiger partial charge in [-0.25, -0.2) is 4.39 Å². The minimum atomic E-state index is -1.19. The second-order valence-corrected chi connectivity index (χ2v) is 8.53. The van der Waals surface area contributed by atoms with E-state index in [-0.39, 0.29) is 17.1 Å². The van der Waals surface area contributed by atoms with E-state index in [1.165, 1.54) is 38.2 Å². The van der Waals surface area contributed by atoms with Crippen LogP contribution in [0.5, 0.6) is 11.5 Å². The van der Waals surface area contributed by atoms with E-state index in [0.29, 0.717) is 29.0 Å². The molecule has 6 nitrogen and oxygen atoms in total. The highest BCUT2D eigenvalue weighted by Gasteiger charge is 2.40. The van der Waals surface area contributed by atoms with Gasteiger partial charge in [0.05, 0.1) is 20.3 Å². The monoisotopic (exact) mass is 497 g/mol. The number of halogens is 2. The number of amides is 1. The Morgan fingerprint density at radius 2 is 1.71 bits per heavy atom. The van der Waals surface area contributed by atoms with Crippen LogP contribution in [-0.2, 0) is 20.7 Å². The van der Waals surface area contributed by atoms with Crippen molar-refractivity contribution in [2.45, 2.75) is 25.5 Å². The average Bonchev–Trinajstić information content (AvgIpc) is 2.86. The van der Waals surface area contributed by atoms with E-state index >= 15 is 4.39 Å². The Balaban J connectivity index is 1.89. The highest BCUT2D eigenvalue weighted by Crippen LogP contribution is 2.44. The molecular weight excluding hydrogens is 473 g/mol. The Bertz CT molecular complexity index is 1230. The Hall–Kier alpha value is -3.58. The number of benzene rings is 3. The van der Waals surface area contributed by atoms with Crippen molar-refractivity contribution in [1.29, 1.82) is 0 Å². The predicted octanol–water partition coefficient (Wildman–Crippen LogP) is 5.27. The Morgan fingerprint density at radius 1 is 1.03 bits per heavy atom. The molecule has 1 amide bonds. The van der Waals surface area contributed by atoms with Gasteiger partial charge in [0, 0.05) is 29.6 Å². The first-order valence-electron chi connectivity index (χ1n) is 11.1. The summed E-state index contributed by atoms with van der Waals surface area (Å²) >= 11 is 6.49. The zero-order chi connectivity index (χ0) is 25.1. The summed E-state index contributed by atoms with van der Waals surface area (Å²) in [7, 11) is 3.05. The summed E-state index contributed by atoms with van der Waals surface area (Å²) in [6, 6.07) is 15.8. The van der Waals surface area contributed by atoms with Gasteiger partial charge in [-0.15, -0.1) is 0 Å². The van der Waals surface area contributed by atoms with Crippen LogP contribution >= 0.6 is 11.6 Å². The van der Waals surface area contributed by atoms with Crippen LogP contribution in [0.4, 0.5) is 4.39 Å². The van der Waals surface area contributed by atoms with E-state index in [1.807, 2.05) is 6.07 Å². The molecule has 0 bridgehead atoms. The highest BCUT2D eigenvalue weighted by molar-refractivity contribution is 6.31. The molecule has 8 heteroatoms. The zero-order valence-corrected chi connectivity index (χ0v) is 20.3. The Labute approximate surface area is 208 Å². The third-order valence-electron chi connectivity index (χ3n) is 6.04. The predicted molar refractivity (Wildman–Crippen MR) is 129 cm³/mol. The van der Waals surface area contributed by atoms with E-state index in [1.54, 1.807) is 42.5 Å². The summed E-state index contributed by atoms with van der Waals surface area (Å²) < 4.78 is 31.7. The molecule has 182 valence electrons. The normalized spacial score (nSPS) is 15.7. The van der Waals surface area contributed by atoms with Crippen molar-refractivity contribution in [1.82, 2.24) is 4.90 Å². The lowest BCUT2D eigenvalue weighted by atomic mass is 9.86. The molecule has 0 radical (unpaired) electrons. The molecule has 3 aromatic carbocycles. The number of nitrogens with zero attached hydrogens (tertiary/aromatic N) is 1. The largest absolute Gasteiger partial charge is 0.493 e. The van der Waals surface area contributed by atoms with Crippen LogP contribution < -0.4 is 9.47 Å². The molecule has 0 spiro atoms. The molecule has 0 aliphatic carbocycles. The average molecular weight is 498 g/mol. The topological polar surface area (TPSA) is 65.1 Å². The van der Waals surface area contributed by atoms with Crippen LogP contribution in [0.15, 0.2) is 60.7 Å². The highest BCUT2D eigenvalue weighted by atomic mass is 35.5. The van der Waals surface area contributed by atoms with Crippen LogP contribution in [-0.4, -0.2) is 37.5 Å². The Morgan fingerprint density at radius 3 is 2.34 bits per heavy atom. The molecule has 35 heavy (non-hydrogen) atoms. The second kappa shape index (κ2) is 10.4. The zero-order valence-electron chi connectivity index (χ0n) is 19.6. The molecule has 0 aromatic heterocycles. The smallest absolute Gasteiger partial charge is 0.303 e. The molecule has 1 aliphatic rings. The fraction of sp³-hybridized carbons (Fsp3) is 0.259. The summed E-state index contributed by atoms with van der Waals surface area (Å²) in [4.78, 5) is 27.4. The summed E-state index contributed by atoms with van der Waals surface area (Å²) in [5, 5.41) is 0.180. The first-order chi connectivity index (χ1) is 16.8. The van der Waals surface area contributed by atoms with Gasteiger partial charge in [-0.2, -0.15) is 0 Å². The van der Waals surface area contributed by atoms with Gasteiger partial charge in [-0.1, -0.05) is 48.0 Å². The van der Waals surface area contributed by atoms with E-state index in [4.69, 9.17) is 25.8 Å². The Kier molecular flexibility index (Phi) is 7.26. The summed E-state index contributed by atoms with van der Waals surface area (Å²) in [6.45, 7) is 1.50. The number of fused-ring (bicyclic) bond motifs is 1. The lowest BCUT2D eigenvalue weighted by Gasteiger charge is -2.40. The maximum absolute atomic E-state index is 15.3. The van der Waals surface area contributed by atoms with Crippen molar-refractivity contribution in [2.24, 2.45) is 0 Å². The van der Waals surface area contributed by atoms with Crippen molar-refractivity contribution >= 4 is 23.5 Å². The van der Waals surface area contributed by atoms with Crippen LogP contribution in [0.25, 0.3) is 0 Å². The third kappa shape index (κ3) is 4.82. The quantitative estimate of drug-likeness (QED) is 0.434. The number of esters is 1. The number of ether oxygens (including phenoxy) is 3. The fourth-order valence-corrected chi connectivity index (χ4v) is 4.74. The second-order valence-electron chi connectivity index (χ2n) is 8.13. The minimum Gasteiger partial charge on any atom is -0.493 e. The molecule has 1 aliphatic heterocycles. The van der Waals surface area contributed by atoms with Crippen LogP contribution in [0.3, 0.4) is 0 Å². The minimum absolute atomic E-state index is 0.158. The van der Waals surface area contributed by atoms with E-state index in [0.717, 1.165) is 5.56 Å². The van der Waals surface area contributed by atoms with Gasteiger partial charge in [0.25, 0.3) is 5.91 Å². The third-order valence-corrected chi connectivity index (χ3v) is 6.37. The van der Waals surface area contributed by atoms with Crippen LogP contribution in [0, 0.1) is 5.82 Å². The molecule has 0 N–H and O–H groups in total. The van der Waals surface area contributed by atoms with Gasteiger partial charge >= 0.3 is 5.97 Å².